The summed E-state index contributed by atoms with van der Waals surface area (Å²) in [4.78, 5) is 39.0. The van der Waals surface area contributed by atoms with Crippen LogP contribution in [0, 0.1) is 20.8 Å². The first-order valence-corrected chi connectivity index (χ1v) is 8.54. The number of hydrogen-bond donors (Lipinski definition) is 1. The minimum Gasteiger partial charge on any atom is -0.319 e. The molecule has 2 aromatic rings. The van der Waals surface area contributed by atoms with Gasteiger partial charge in [-0.3, -0.25) is 14.5 Å². The van der Waals surface area contributed by atoms with Crippen molar-refractivity contribution < 1.29 is 14.4 Å². The van der Waals surface area contributed by atoms with E-state index in [1.54, 1.807) is 13.0 Å². The molecule has 0 aromatic heterocycles. The molecule has 0 spiro atoms. The molecule has 0 aliphatic carbocycles. The molecule has 1 aliphatic rings. The summed E-state index contributed by atoms with van der Waals surface area (Å²) in [5, 5.41) is 2.73. The van der Waals surface area contributed by atoms with E-state index in [0.717, 1.165) is 21.6 Å². The van der Waals surface area contributed by atoms with Crippen LogP contribution in [0.3, 0.4) is 0 Å². The highest BCUT2D eigenvalue weighted by molar-refractivity contribution is 6.11. The van der Waals surface area contributed by atoms with Gasteiger partial charge in [0.05, 0.1) is 6.54 Å². The van der Waals surface area contributed by atoms with E-state index in [1.165, 1.54) is 0 Å². The lowest BCUT2D eigenvalue weighted by Crippen LogP contribution is -2.41. The molecule has 0 radical (unpaired) electrons. The first-order chi connectivity index (χ1) is 12.2. The molecule has 0 saturated carbocycles. The number of urea groups is 1. The van der Waals surface area contributed by atoms with Crippen LogP contribution >= 0.6 is 0 Å². The van der Waals surface area contributed by atoms with Gasteiger partial charge in [0.2, 0.25) is 0 Å². The van der Waals surface area contributed by atoms with Gasteiger partial charge < -0.3 is 5.32 Å². The number of amides is 3. The number of ketones is 1. The van der Waals surface area contributed by atoms with Crippen molar-refractivity contribution >= 4 is 17.7 Å². The molecule has 134 valence electrons. The molecule has 1 N–H and O–H groups in total. The number of hydrogen-bond acceptors (Lipinski definition) is 3. The second kappa shape index (κ2) is 6.41. The van der Waals surface area contributed by atoms with Crippen molar-refractivity contribution in [2.75, 3.05) is 6.54 Å². The summed E-state index contributed by atoms with van der Waals surface area (Å²) < 4.78 is 0. The van der Waals surface area contributed by atoms with E-state index in [2.05, 4.69) is 5.32 Å². The maximum absolute atomic E-state index is 12.9. The van der Waals surface area contributed by atoms with E-state index >= 15 is 0 Å². The number of carbonyl (C=O) groups excluding carboxylic acids is 3. The second-order valence-corrected chi connectivity index (χ2v) is 7.05. The van der Waals surface area contributed by atoms with Gasteiger partial charge >= 0.3 is 6.03 Å². The summed E-state index contributed by atoms with van der Waals surface area (Å²) in [5.41, 5.74) is 3.02. The van der Waals surface area contributed by atoms with Crippen molar-refractivity contribution in [3.05, 3.63) is 70.3 Å². The van der Waals surface area contributed by atoms with Gasteiger partial charge in [-0.1, -0.05) is 53.6 Å². The average molecular weight is 350 g/mol. The van der Waals surface area contributed by atoms with Crippen LogP contribution in [0.25, 0.3) is 0 Å². The third-order valence-corrected chi connectivity index (χ3v) is 4.89. The molecule has 1 aliphatic heterocycles. The monoisotopic (exact) mass is 350 g/mol. The predicted molar refractivity (Wildman–Crippen MR) is 99.0 cm³/mol. The van der Waals surface area contributed by atoms with Crippen molar-refractivity contribution in [1.29, 1.82) is 0 Å². The lowest BCUT2D eigenvalue weighted by Gasteiger charge is -2.22. The van der Waals surface area contributed by atoms with Gasteiger partial charge in [0.15, 0.2) is 5.78 Å². The normalized spacial score (nSPS) is 19.6. The quantitative estimate of drug-likeness (QED) is 0.680. The Kier molecular flexibility index (Phi) is 4.40. The zero-order valence-corrected chi connectivity index (χ0v) is 15.4. The molecule has 2 aromatic carbocycles. The van der Waals surface area contributed by atoms with Crippen molar-refractivity contribution in [1.82, 2.24) is 10.2 Å². The first-order valence-electron chi connectivity index (χ1n) is 8.54. The Morgan fingerprint density at radius 1 is 1.00 bits per heavy atom. The molecule has 1 saturated heterocycles. The molecule has 1 fully saturated rings. The van der Waals surface area contributed by atoms with Crippen molar-refractivity contribution in [2.45, 2.75) is 33.2 Å². The van der Waals surface area contributed by atoms with Crippen LogP contribution in [0.2, 0.25) is 0 Å². The van der Waals surface area contributed by atoms with Crippen LogP contribution in [0.1, 0.15) is 39.5 Å². The van der Waals surface area contributed by atoms with Crippen LogP contribution in [0.5, 0.6) is 0 Å². The topological polar surface area (TPSA) is 66.5 Å². The summed E-state index contributed by atoms with van der Waals surface area (Å²) in [6, 6.07) is 12.4. The van der Waals surface area contributed by atoms with E-state index in [1.807, 2.05) is 57.2 Å². The van der Waals surface area contributed by atoms with E-state index in [-0.39, 0.29) is 12.3 Å². The highest BCUT2D eigenvalue weighted by Gasteiger charge is 2.49. The van der Waals surface area contributed by atoms with E-state index in [4.69, 9.17) is 0 Å². The molecule has 0 bridgehead atoms. The first kappa shape index (κ1) is 17.9. The Hall–Kier alpha value is -2.95. The summed E-state index contributed by atoms with van der Waals surface area (Å²) >= 11 is 0. The summed E-state index contributed by atoms with van der Waals surface area (Å²) in [6.45, 7) is 7.15. The number of imide groups is 1. The van der Waals surface area contributed by atoms with Gasteiger partial charge in [-0.2, -0.15) is 0 Å². The molecular formula is C21H22N2O3. The highest BCUT2D eigenvalue weighted by atomic mass is 16.2. The minimum absolute atomic E-state index is 0.251. The SMILES string of the molecule is Cc1ccc(C2(C)NC(=O)N(CC(=O)c3ccc(C)cc3C)C2=O)cc1. The standard InChI is InChI=1S/C21H22N2O3/c1-13-5-8-16(9-6-13)21(4)19(25)23(20(26)22-21)12-18(24)17-10-7-14(2)11-15(17)3/h5-11H,12H2,1-4H3,(H,22,26). The molecule has 5 nitrogen and oxygen atoms in total. The number of nitrogens with one attached hydrogen (secondary N) is 1. The summed E-state index contributed by atoms with van der Waals surface area (Å²) in [5.74, 6) is -0.663. The lowest BCUT2D eigenvalue weighted by atomic mass is 9.91. The Labute approximate surface area is 153 Å². The number of rotatable bonds is 4. The van der Waals surface area contributed by atoms with Crippen LogP contribution in [-0.4, -0.2) is 29.2 Å². The number of Topliss-reactive ketones (excluding diaryl/α,β-unsaturated/α-hetero) is 1. The number of aryl methyl sites for hydroxylation is 3. The zero-order valence-electron chi connectivity index (χ0n) is 15.4. The largest absolute Gasteiger partial charge is 0.325 e. The number of carbonyl (C=O) groups is 3. The van der Waals surface area contributed by atoms with E-state index in [9.17, 15) is 14.4 Å². The van der Waals surface area contributed by atoms with Crippen LogP contribution in [0.15, 0.2) is 42.5 Å². The van der Waals surface area contributed by atoms with E-state index in [0.29, 0.717) is 11.1 Å². The van der Waals surface area contributed by atoms with Crippen molar-refractivity contribution in [2.24, 2.45) is 0 Å². The smallest absolute Gasteiger partial charge is 0.319 e. The van der Waals surface area contributed by atoms with Crippen LogP contribution < -0.4 is 5.32 Å². The Morgan fingerprint density at radius 2 is 1.62 bits per heavy atom. The van der Waals surface area contributed by atoms with Gasteiger partial charge in [-0.25, -0.2) is 4.79 Å². The van der Waals surface area contributed by atoms with Crippen LogP contribution in [-0.2, 0) is 10.3 Å². The average Bonchev–Trinajstić information content (AvgIpc) is 2.79. The number of nitrogens with zero attached hydrogens (tertiary/aromatic N) is 1. The fourth-order valence-corrected chi connectivity index (χ4v) is 3.28. The molecule has 5 heteroatoms. The third-order valence-electron chi connectivity index (χ3n) is 4.89. The molecule has 1 atom stereocenters. The molecule has 3 amide bonds. The second-order valence-electron chi connectivity index (χ2n) is 7.05. The summed E-state index contributed by atoms with van der Waals surface area (Å²) in [7, 11) is 0. The number of benzene rings is 2. The van der Waals surface area contributed by atoms with Crippen molar-refractivity contribution in [3.63, 3.8) is 0 Å². The molecule has 3 rings (SSSR count). The third kappa shape index (κ3) is 3.01. The van der Waals surface area contributed by atoms with Gasteiger partial charge in [0.1, 0.15) is 5.54 Å². The highest BCUT2D eigenvalue weighted by Crippen LogP contribution is 2.29. The maximum atomic E-state index is 12.9. The fraction of sp³-hybridized carbons (Fsp3) is 0.286. The Balaban J connectivity index is 1.85. The molecule has 1 heterocycles. The lowest BCUT2D eigenvalue weighted by molar-refractivity contribution is -0.130. The van der Waals surface area contributed by atoms with Gasteiger partial charge in [-0.15, -0.1) is 0 Å². The molecular weight excluding hydrogens is 328 g/mol. The maximum Gasteiger partial charge on any atom is 0.325 e. The Morgan fingerprint density at radius 3 is 2.23 bits per heavy atom. The molecule has 1 unspecified atom stereocenters. The van der Waals surface area contributed by atoms with Gasteiger partial charge in [-0.05, 0) is 38.8 Å². The predicted octanol–water partition coefficient (Wildman–Crippen LogP) is 3.26. The van der Waals surface area contributed by atoms with Gasteiger partial charge in [0.25, 0.3) is 5.91 Å². The Bertz CT molecular complexity index is 902. The van der Waals surface area contributed by atoms with Crippen molar-refractivity contribution in [3.8, 4) is 0 Å². The van der Waals surface area contributed by atoms with Gasteiger partial charge in [0, 0.05) is 5.56 Å². The van der Waals surface area contributed by atoms with Crippen LogP contribution in [0.4, 0.5) is 4.79 Å². The summed E-state index contributed by atoms with van der Waals surface area (Å²) in [6.07, 6.45) is 0. The minimum atomic E-state index is -1.16. The molecule has 26 heavy (non-hydrogen) atoms. The zero-order chi connectivity index (χ0) is 19.1. The fourth-order valence-electron chi connectivity index (χ4n) is 3.28. The van der Waals surface area contributed by atoms with E-state index < -0.39 is 17.5 Å².